The number of hydrogen-bond donors (Lipinski definition) is 2. The summed E-state index contributed by atoms with van der Waals surface area (Å²) in [5.74, 6) is 0.534. The summed E-state index contributed by atoms with van der Waals surface area (Å²) >= 11 is 0. The molecule has 0 saturated carbocycles. The van der Waals surface area contributed by atoms with Crippen LogP contribution in [0.15, 0.2) is 36.9 Å². The van der Waals surface area contributed by atoms with E-state index >= 15 is 0 Å². The van der Waals surface area contributed by atoms with Crippen molar-refractivity contribution in [3.05, 3.63) is 48.0 Å². The highest BCUT2D eigenvalue weighted by Crippen LogP contribution is 2.18. The molecule has 0 aliphatic carbocycles. The van der Waals surface area contributed by atoms with Gasteiger partial charge in [0.15, 0.2) is 0 Å². The summed E-state index contributed by atoms with van der Waals surface area (Å²) in [6, 6.07) is 8.20. The minimum Gasteiger partial charge on any atom is -0.387 e. The molecule has 0 saturated heterocycles. The van der Waals surface area contributed by atoms with Crippen molar-refractivity contribution in [2.75, 3.05) is 13.1 Å². The van der Waals surface area contributed by atoms with E-state index in [0.29, 0.717) is 12.5 Å². The second kappa shape index (κ2) is 7.25. The van der Waals surface area contributed by atoms with Gasteiger partial charge in [-0.2, -0.15) is 0 Å². The van der Waals surface area contributed by atoms with Crippen LogP contribution >= 0.6 is 0 Å². The highest BCUT2D eigenvalue weighted by atomic mass is 16.3. The highest BCUT2D eigenvalue weighted by molar-refractivity contribution is 5.26. The van der Waals surface area contributed by atoms with Gasteiger partial charge in [0.05, 0.1) is 6.10 Å². The molecule has 2 nitrogen and oxygen atoms in total. The molecule has 17 heavy (non-hydrogen) atoms. The molecule has 2 heteroatoms. The maximum atomic E-state index is 9.96. The topological polar surface area (TPSA) is 32.3 Å². The molecule has 1 rings (SSSR count). The van der Waals surface area contributed by atoms with Crippen molar-refractivity contribution in [1.29, 1.82) is 0 Å². The largest absolute Gasteiger partial charge is 0.387 e. The van der Waals surface area contributed by atoms with Crippen molar-refractivity contribution in [3.8, 4) is 0 Å². The fraction of sp³-hybridized carbons (Fsp3) is 0.467. The molecule has 0 aliphatic rings. The van der Waals surface area contributed by atoms with Gasteiger partial charge in [0.1, 0.15) is 0 Å². The van der Waals surface area contributed by atoms with Crippen LogP contribution in [0.2, 0.25) is 0 Å². The summed E-state index contributed by atoms with van der Waals surface area (Å²) in [7, 11) is 0. The Labute approximate surface area is 104 Å². The van der Waals surface area contributed by atoms with Crippen LogP contribution in [-0.4, -0.2) is 18.2 Å². The van der Waals surface area contributed by atoms with E-state index < -0.39 is 6.10 Å². The molecule has 1 atom stereocenters. The summed E-state index contributed by atoms with van der Waals surface area (Å²) in [6.45, 7) is 9.45. The van der Waals surface area contributed by atoms with Crippen molar-refractivity contribution < 1.29 is 5.11 Å². The summed E-state index contributed by atoms with van der Waals surface area (Å²) < 4.78 is 0. The number of hydrogen-bond acceptors (Lipinski definition) is 2. The van der Waals surface area contributed by atoms with E-state index in [1.165, 1.54) is 5.56 Å². The second-order valence-corrected chi connectivity index (χ2v) is 4.62. The predicted molar refractivity (Wildman–Crippen MR) is 73.2 cm³/mol. The molecule has 0 spiro atoms. The molecule has 1 aromatic carbocycles. The van der Waals surface area contributed by atoms with Crippen molar-refractivity contribution in [2.24, 2.45) is 0 Å². The lowest BCUT2D eigenvalue weighted by atomic mass is 10.00. The Bertz CT molecular complexity index is 329. The van der Waals surface area contributed by atoms with E-state index in [4.69, 9.17) is 0 Å². The van der Waals surface area contributed by atoms with E-state index in [9.17, 15) is 5.11 Å². The molecule has 0 aromatic heterocycles. The van der Waals surface area contributed by atoms with E-state index in [-0.39, 0.29) is 0 Å². The molecular formula is C15H23NO. The smallest absolute Gasteiger partial charge is 0.0914 e. The van der Waals surface area contributed by atoms with Crippen LogP contribution in [0, 0.1) is 0 Å². The van der Waals surface area contributed by atoms with Gasteiger partial charge >= 0.3 is 0 Å². The molecule has 1 unspecified atom stereocenters. The van der Waals surface area contributed by atoms with Gasteiger partial charge in [0.25, 0.3) is 0 Å². The van der Waals surface area contributed by atoms with Crippen LogP contribution in [0.4, 0.5) is 0 Å². The van der Waals surface area contributed by atoms with Gasteiger partial charge in [-0.1, -0.05) is 44.2 Å². The number of rotatable bonds is 7. The zero-order chi connectivity index (χ0) is 12.7. The Morgan fingerprint density at radius 3 is 2.35 bits per heavy atom. The number of aliphatic hydroxyl groups is 1. The molecule has 2 N–H and O–H groups in total. The van der Waals surface area contributed by atoms with E-state index in [1.807, 2.05) is 18.2 Å². The van der Waals surface area contributed by atoms with Gasteiger partial charge in [0, 0.05) is 6.54 Å². The maximum Gasteiger partial charge on any atom is 0.0914 e. The molecule has 94 valence electrons. The normalized spacial score (nSPS) is 12.7. The Morgan fingerprint density at radius 2 is 1.82 bits per heavy atom. The van der Waals surface area contributed by atoms with Gasteiger partial charge in [-0.3, -0.25) is 0 Å². The van der Waals surface area contributed by atoms with Crippen molar-refractivity contribution in [3.63, 3.8) is 0 Å². The molecule has 1 aromatic rings. The third-order valence-corrected chi connectivity index (χ3v) is 2.85. The second-order valence-electron chi connectivity index (χ2n) is 4.62. The third-order valence-electron chi connectivity index (χ3n) is 2.85. The average molecular weight is 233 g/mol. The molecule has 0 aliphatic heterocycles. The lowest BCUT2D eigenvalue weighted by Gasteiger charge is -2.13. The van der Waals surface area contributed by atoms with Crippen LogP contribution in [0.3, 0.4) is 0 Å². The monoisotopic (exact) mass is 233 g/mol. The molecular weight excluding hydrogens is 210 g/mol. The van der Waals surface area contributed by atoms with Crippen LogP contribution < -0.4 is 5.32 Å². The minimum atomic E-state index is -0.430. The summed E-state index contributed by atoms with van der Waals surface area (Å²) in [5, 5.41) is 13.2. The average Bonchev–Trinajstić information content (AvgIpc) is 2.34. The first kappa shape index (κ1) is 13.9. The van der Waals surface area contributed by atoms with Gasteiger partial charge in [0.2, 0.25) is 0 Å². The SMILES string of the molecule is C=CCCNCC(O)c1ccc(C(C)C)cc1. The Morgan fingerprint density at radius 1 is 1.24 bits per heavy atom. The molecule has 0 amide bonds. The predicted octanol–water partition coefficient (Wildman–Crippen LogP) is 3.01. The van der Waals surface area contributed by atoms with E-state index in [0.717, 1.165) is 18.5 Å². The highest BCUT2D eigenvalue weighted by Gasteiger charge is 2.07. The Balaban J connectivity index is 2.45. The fourth-order valence-electron chi connectivity index (χ4n) is 1.66. The standard InChI is InChI=1S/C15H23NO/c1-4-5-10-16-11-15(17)14-8-6-13(7-9-14)12(2)3/h4,6-9,12,15-17H,1,5,10-11H2,2-3H3. The Kier molecular flexibility index (Phi) is 5.95. The van der Waals surface area contributed by atoms with E-state index in [1.54, 1.807) is 0 Å². The summed E-state index contributed by atoms with van der Waals surface area (Å²) in [5.41, 5.74) is 2.28. The minimum absolute atomic E-state index is 0.430. The zero-order valence-electron chi connectivity index (χ0n) is 10.8. The van der Waals surface area contributed by atoms with Crippen LogP contribution in [0.5, 0.6) is 0 Å². The van der Waals surface area contributed by atoms with E-state index in [2.05, 4.69) is 37.9 Å². The Hall–Kier alpha value is -1.12. The summed E-state index contributed by atoms with van der Waals surface area (Å²) in [6.07, 6.45) is 2.37. The van der Waals surface area contributed by atoms with Crippen molar-refractivity contribution >= 4 is 0 Å². The summed E-state index contributed by atoms with van der Waals surface area (Å²) in [4.78, 5) is 0. The first-order valence-electron chi connectivity index (χ1n) is 6.24. The molecule has 0 heterocycles. The first-order chi connectivity index (χ1) is 8.15. The van der Waals surface area contributed by atoms with Crippen LogP contribution in [0.1, 0.15) is 43.4 Å². The molecule has 0 bridgehead atoms. The van der Waals surface area contributed by atoms with Crippen molar-refractivity contribution in [1.82, 2.24) is 5.32 Å². The maximum absolute atomic E-state index is 9.96. The lowest BCUT2D eigenvalue weighted by molar-refractivity contribution is 0.175. The number of nitrogens with one attached hydrogen (secondary N) is 1. The van der Waals surface area contributed by atoms with Gasteiger partial charge < -0.3 is 10.4 Å². The molecule has 0 fully saturated rings. The molecule has 0 radical (unpaired) electrons. The van der Waals surface area contributed by atoms with Crippen LogP contribution in [0.25, 0.3) is 0 Å². The van der Waals surface area contributed by atoms with Gasteiger partial charge in [-0.25, -0.2) is 0 Å². The van der Waals surface area contributed by atoms with Crippen molar-refractivity contribution in [2.45, 2.75) is 32.3 Å². The third kappa shape index (κ3) is 4.72. The zero-order valence-corrected chi connectivity index (χ0v) is 10.8. The van der Waals surface area contributed by atoms with Gasteiger partial charge in [-0.15, -0.1) is 6.58 Å². The lowest BCUT2D eigenvalue weighted by Crippen LogP contribution is -2.22. The van der Waals surface area contributed by atoms with Gasteiger partial charge in [-0.05, 0) is 30.0 Å². The quantitative estimate of drug-likeness (QED) is 0.560. The number of benzene rings is 1. The first-order valence-corrected chi connectivity index (χ1v) is 6.24. The van der Waals surface area contributed by atoms with Crippen LogP contribution in [-0.2, 0) is 0 Å². The fourth-order valence-corrected chi connectivity index (χ4v) is 1.66. The number of aliphatic hydroxyl groups excluding tert-OH is 1.